The van der Waals surface area contributed by atoms with Crippen LogP contribution in [0.1, 0.15) is 29.3 Å². The van der Waals surface area contributed by atoms with E-state index in [0.717, 1.165) is 12.0 Å². The smallest absolute Gasteiger partial charge is 0.251 e. The first kappa shape index (κ1) is 20.7. The summed E-state index contributed by atoms with van der Waals surface area (Å²) in [4.78, 5) is 24.0. The predicted octanol–water partition coefficient (Wildman–Crippen LogP) is 2.76. The van der Waals surface area contributed by atoms with Gasteiger partial charge in [0.25, 0.3) is 5.91 Å². The van der Waals surface area contributed by atoms with E-state index >= 15 is 0 Å². The lowest BCUT2D eigenvalue weighted by Gasteiger charge is -2.12. The third-order valence-electron chi connectivity index (χ3n) is 3.59. The van der Waals surface area contributed by atoms with E-state index in [1.54, 1.807) is 24.3 Å². The molecule has 0 spiro atoms. The van der Waals surface area contributed by atoms with Crippen LogP contribution in [0.4, 0.5) is 5.69 Å². The average molecular weight is 362 g/mol. The van der Waals surface area contributed by atoms with Gasteiger partial charge in [0.1, 0.15) is 0 Å². The second-order valence-corrected chi connectivity index (χ2v) is 5.62. The number of hydrogen-bond acceptors (Lipinski definition) is 3. The predicted molar refractivity (Wildman–Crippen MR) is 103 cm³/mol. The van der Waals surface area contributed by atoms with Gasteiger partial charge in [-0.1, -0.05) is 37.3 Å². The highest BCUT2D eigenvalue weighted by Crippen LogP contribution is 2.11. The standard InChI is InChI=1S/C19H23N3O2.ClH/c1-2-12-21-18(23)15-8-10-16(11-9-15)22-19(24)17(20)13-14-6-4-3-5-7-14;/h3-11,17H,2,12-13,20H2,1H3,(H,21,23)(H,22,24);1H. The minimum atomic E-state index is -0.625. The molecule has 4 N–H and O–H groups in total. The molecular weight excluding hydrogens is 338 g/mol. The Kier molecular flexibility index (Phi) is 8.67. The van der Waals surface area contributed by atoms with E-state index < -0.39 is 6.04 Å². The summed E-state index contributed by atoms with van der Waals surface area (Å²) >= 11 is 0. The average Bonchev–Trinajstić information content (AvgIpc) is 2.61. The van der Waals surface area contributed by atoms with Crippen molar-refractivity contribution in [1.29, 1.82) is 0 Å². The fraction of sp³-hybridized carbons (Fsp3) is 0.263. The number of benzene rings is 2. The van der Waals surface area contributed by atoms with Crippen molar-refractivity contribution in [2.75, 3.05) is 11.9 Å². The van der Waals surface area contributed by atoms with Crippen molar-refractivity contribution >= 4 is 29.9 Å². The zero-order valence-electron chi connectivity index (χ0n) is 14.2. The van der Waals surface area contributed by atoms with Crippen molar-refractivity contribution < 1.29 is 9.59 Å². The van der Waals surface area contributed by atoms with E-state index in [1.807, 2.05) is 37.3 Å². The first-order chi connectivity index (χ1) is 11.6. The third kappa shape index (κ3) is 6.57. The number of nitrogens with two attached hydrogens (primary N) is 1. The van der Waals surface area contributed by atoms with Crippen LogP contribution in [0.5, 0.6) is 0 Å². The van der Waals surface area contributed by atoms with E-state index in [4.69, 9.17) is 5.73 Å². The maximum atomic E-state index is 12.2. The van der Waals surface area contributed by atoms with Gasteiger partial charge in [0.15, 0.2) is 0 Å². The van der Waals surface area contributed by atoms with Crippen LogP contribution in [0.2, 0.25) is 0 Å². The van der Waals surface area contributed by atoms with Gasteiger partial charge in [0.2, 0.25) is 5.91 Å². The Balaban J connectivity index is 0.00000312. The quantitative estimate of drug-likeness (QED) is 0.709. The molecule has 0 aliphatic heterocycles. The maximum Gasteiger partial charge on any atom is 0.251 e. The van der Waals surface area contributed by atoms with E-state index in [2.05, 4.69) is 10.6 Å². The van der Waals surface area contributed by atoms with Gasteiger partial charge < -0.3 is 16.4 Å². The van der Waals surface area contributed by atoms with Crippen LogP contribution in [0, 0.1) is 0 Å². The fourth-order valence-electron chi connectivity index (χ4n) is 2.24. The van der Waals surface area contributed by atoms with Crippen LogP contribution in [-0.2, 0) is 11.2 Å². The lowest BCUT2D eigenvalue weighted by molar-refractivity contribution is -0.117. The topological polar surface area (TPSA) is 84.2 Å². The molecular formula is C19H24ClN3O2. The number of nitrogens with one attached hydrogen (secondary N) is 2. The molecule has 1 unspecified atom stereocenters. The molecule has 6 heteroatoms. The summed E-state index contributed by atoms with van der Waals surface area (Å²) in [5.74, 6) is -0.363. The van der Waals surface area contributed by atoms with Crippen molar-refractivity contribution in [1.82, 2.24) is 5.32 Å². The highest BCUT2D eigenvalue weighted by Gasteiger charge is 2.14. The Morgan fingerprint density at radius 2 is 1.68 bits per heavy atom. The molecule has 0 saturated carbocycles. The summed E-state index contributed by atoms with van der Waals surface area (Å²) in [6, 6.07) is 15.8. The number of amides is 2. The molecule has 0 saturated heterocycles. The number of rotatable bonds is 7. The molecule has 2 amide bonds. The molecule has 0 aliphatic carbocycles. The second-order valence-electron chi connectivity index (χ2n) is 5.62. The maximum absolute atomic E-state index is 12.2. The molecule has 5 nitrogen and oxygen atoms in total. The fourth-order valence-corrected chi connectivity index (χ4v) is 2.24. The van der Waals surface area contributed by atoms with Gasteiger partial charge in [0, 0.05) is 17.8 Å². The Bertz CT molecular complexity index is 675. The van der Waals surface area contributed by atoms with Crippen LogP contribution >= 0.6 is 12.4 Å². The summed E-state index contributed by atoms with van der Waals surface area (Å²) < 4.78 is 0. The molecule has 0 aromatic heterocycles. The highest BCUT2D eigenvalue weighted by molar-refractivity contribution is 5.97. The number of hydrogen-bond donors (Lipinski definition) is 3. The van der Waals surface area contributed by atoms with E-state index in [0.29, 0.717) is 24.2 Å². The summed E-state index contributed by atoms with van der Waals surface area (Å²) in [5, 5.41) is 5.58. The zero-order chi connectivity index (χ0) is 17.4. The van der Waals surface area contributed by atoms with Crippen molar-refractivity contribution in [3.05, 3.63) is 65.7 Å². The molecule has 134 valence electrons. The molecule has 2 aromatic carbocycles. The van der Waals surface area contributed by atoms with Crippen LogP contribution in [0.15, 0.2) is 54.6 Å². The molecule has 0 heterocycles. The second kappa shape index (κ2) is 10.5. The van der Waals surface area contributed by atoms with Crippen molar-refractivity contribution in [2.24, 2.45) is 5.73 Å². The Morgan fingerprint density at radius 3 is 2.28 bits per heavy atom. The molecule has 0 radical (unpaired) electrons. The SMILES string of the molecule is CCCNC(=O)c1ccc(NC(=O)C(N)Cc2ccccc2)cc1.Cl. The van der Waals surface area contributed by atoms with Crippen LogP contribution in [0.25, 0.3) is 0 Å². The van der Waals surface area contributed by atoms with E-state index in [1.165, 1.54) is 0 Å². The van der Waals surface area contributed by atoms with Gasteiger partial charge in [-0.15, -0.1) is 12.4 Å². The van der Waals surface area contributed by atoms with Crippen molar-refractivity contribution in [2.45, 2.75) is 25.8 Å². The summed E-state index contributed by atoms with van der Waals surface area (Å²) in [6.45, 7) is 2.64. The lowest BCUT2D eigenvalue weighted by atomic mass is 10.1. The van der Waals surface area contributed by atoms with Gasteiger partial charge in [0.05, 0.1) is 6.04 Å². The minimum Gasteiger partial charge on any atom is -0.352 e. The molecule has 0 fully saturated rings. The summed E-state index contributed by atoms with van der Waals surface area (Å²) in [6.07, 6.45) is 1.36. The summed E-state index contributed by atoms with van der Waals surface area (Å²) in [7, 11) is 0. The molecule has 25 heavy (non-hydrogen) atoms. The number of carbonyl (C=O) groups is 2. The number of carbonyl (C=O) groups excluding carboxylic acids is 2. The Hall–Kier alpha value is -2.37. The summed E-state index contributed by atoms with van der Waals surface area (Å²) in [5.41, 5.74) is 8.16. The minimum absolute atomic E-state index is 0. The molecule has 1 atom stereocenters. The van der Waals surface area contributed by atoms with Gasteiger partial charge in [-0.3, -0.25) is 9.59 Å². The van der Waals surface area contributed by atoms with Crippen LogP contribution < -0.4 is 16.4 Å². The van der Waals surface area contributed by atoms with Gasteiger partial charge >= 0.3 is 0 Å². The van der Waals surface area contributed by atoms with Crippen molar-refractivity contribution in [3.8, 4) is 0 Å². The normalized spacial score (nSPS) is 11.1. The molecule has 2 aromatic rings. The first-order valence-corrected chi connectivity index (χ1v) is 8.08. The monoisotopic (exact) mass is 361 g/mol. The largest absolute Gasteiger partial charge is 0.352 e. The Labute approximate surface area is 154 Å². The molecule has 2 rings (SSSR count). The van der Waals surface area contributed by atoms with Crippen LogP contribution in [-0.4, -0.2) is 24.4 Å². The highest BCUT2D eigenvalue weighted by atomic mass is 35.5. The lowest BCUT2D eigenvalue weighted by Crippen LogP contribution is -2.37. The van der Waals surface area contributed by atoms with E-state index in [-0.39, 0.29) is 24.2 Å². The molecule has 0 bridgehead atoms. The molecule has 0 aliphatic rings. The van der Waals surface area contributed by atoms with Gasteiger partial charge in [-0.2, -0.15) is 0 Å². The number of anilines is 1. The first-order valence-electron chi connectivity index (χ1n) is 8.08. The third-order valence-corrected chi connectivity index (χ3v) is 3.59. The van der Waals surface area contributed by atoms with Gasteiger partial charge in [-0.05, 0) is 42.7 Å². The zero-order valence-corrected chi connectivity index (χ0v) is 15.0. The van der Waals surface area contributed by atoms with E-state index in [9.17, 15) is 9.59 Å². The van der Waals surface area contributed by atoms with Gasteiger partial charge in [-0.25, -0.2) is 0 Å². The van der Waals surface area contributed by atoms with Crippen molar-refractivity contribution in [3.63, 3.8) is 0 Å². The Morgan fingerprint density at radius 1 is 1.04 bits per heavy atom. The van der Waals surface area contributed by atoms with Crippen LogP contribution in [0.3, 0.4) is 0 Å². The number of halogens is 1.